The molecule has 0 aromatic heterocycles. The lowest BCUT2D eigenvalue weighted by atomic mass is 10.2. The van der Waals surface area contributed by atoms with Gasteiger partial charge in [-0.05, 0) is 38.2 Å². The molecule has 0 aliphatic carbocycles. The van der Waals surface area contributed by atoms with E-state index in [-0.39, 0.29) is 12.4 Å². The minimum absolute atomic E-state index is 0.114. The zero-order valence-corrected chi connectivity index (χ0v) is 10.4. The Hall–Kier alpha value is -1.13. The van der Waals surface area contributed by atoms with Crippen LogP contribution in [0.2, 0.25) is 0 Å². The summed E-state index contributed by atoms with van der Waals surface area (Å²) >= 11 is 0. The highest BCUT2D eigenvalue weighted by Crippen LogP contribution is 2.25. The van der Waals surface area contributed by atoms with Crippen LogP contribution >= 0.6 is 0 Å². The summed E-state index contributed by atoms with van der Waals surface area (Å²) in [5.41, 5.74) is 1.26. The van der Waals surface area contributed by atoms with Crippen molar-refractivity contribution in [2.24, 2.45) is 0 Å². The van der Waals surface area contributed by atoms with Crippen molar-refractivity contribution in [1.29, 1.82) is 0 Å². The van der Waals surface area contributed by atoms with Crippen LogP contribution in [-0.2, 0) is 6.61 Å². The highest BCUT2D eigenvalue weighted by molar-refractivity contribution is 5.50. The second-order valence-corrected chi connectivity index (χ2v) is 4.80. The van der Waals surface area contributed by atoms with Crippen molar-refractivity contribution in [3.8, 4) is 0 Å². The van der Waals surface area contributed by atoms with Gasteiger partial charge in [0.2, 0.25) is 0 Å². The smallest absolute Gasteiger partial charge is 0.146 e. The van der Waals surface area contributed by atoms with Gasteiger partial charge in [0.25, 0.3) is 0 Å². The number of nitrogens with zero attached hydrogens (tertiary/aromatic N) is 2. The Labute approximate surface area is 101 Å². The first-order chi connectivity index (χ1) is 8.11. The van der Waals surface area contributed by atoms with Gasteiger partial charge in [-0.1, -0.05) is 6.07 Å². The number of aliphatic hydroxyl groups is 1. The molecule has 0 bridgehead atoms. The number of likely N-dealkylation sites (N-methyl/N-ethyl adjacent to an activating group) is 1. The molecule has 17 heavy (non-hydrogen) atoms. The first-order valence-corrected chi connectivity index (χ1v) is 5.92. The Bertz CT molecular complexity index is 395. The minimum Gasteiger partial charge on any atom is -0.392 e. The number of halogens is 1. The summed E-state index contributed by atoms with van der Waals surface area (Å²) < 4.78 is 13.9. The normalized spacial score (nSPS) is 20.3. The van der Waals surface area contributed by atoms with Crippen LogP contribution in [0, 0.1) is 5.82 Å². The zero-order chi connectivity index (χ0) is 12.4. The molecular weight excluding hydrogens is 219 g/mol. The van der Waals surface area contributed by atoms with Gasteiger partial charge < -0.3 is 14.9 Å². The van der Waals surface area contributed by atoms with E-state index >= 15 is 0 Å². The van der Waals surface area contributed by atoms with E-state index in [0.717, 1.165) is 19.5 Å². The summed E-state index contributed by atoms with van der Waals surface area (Å²) in [5.74, 6) is -0.240. The number of rotatable bonds is 3. The van der Waals surface area contributed by atoms with Crippen molar-refractivity contribution >= 4 is 5.69 Å². The zero-order valence-electron chi connectivity index (χ0n) is 10.4. The molecule has 1 heterocycles. The molecule has 1 aliphatic rings. The Morgan fingerprint density at radius 1 is 1.47 bits per heavy atom. The lowest BCUT2D eigenvalue weighted by Crippen LogP contribution is -2.31. The van der Waals surface area contributed by atoms with Gasteiger partial charge in [-0.15, -0.1) is 0 Å². The van der Waals surface area contributed by atoms with E-state index in [1.165, 1.54) is 6.07 Å². The summed E-state index contributed by atoms with van der Waals surface area (Å²) in [6.45, 7) is 1.64. The first-order valence-electron chi connectivity index (χ1n) is 5.92. The van der Waals surface area contributed by atoms with Gasteiger partial charge in [0.05, 0.1) is 12.3 Å². The summed E-state index contributed by atoms with van der Waals surface area (Å²) in [4.78, 5) is 4.25. The van der Waals surface area contributed by atoms with Gasteiger partial charge in [0.1, 0.15) is 5.82 Å². The van der Waals surface area contributed by atoms with Gasteiger partial charge in [-0.25, -0.2) is 4.39 Å². The Morgan fingerprint density at radius 3 is 2.76 bits per heavy atom. The molecule has 1 unspecified atom stereocenters. The van der Waals surface area contributed by atoms with Crippen LogP contribution in [0.15, 0.2) is 18.2 Å². The van der Waals surface area contributed by atoms with E-state index in [9.17, 15) is 4.39 Å². The van der Waals surface area contributed by atoms with Crippen molar-refractivity contribution in [1.82, 2.24) is 4.90 Å². The molecule has 94 valence electrons. The maximum Gasteiger partial charge on any atom is 0.146 e. The number of hydrogen-bond acceptors (Lipinski definition) is 3. The van der Waals surface area contributed by atoms with Crippen LogP contribution < -0.4 is 4.90 Å². The lowest BCUT2D eigenvalue weighted by molar-refractivity contribution is 0.281. The van der Waals surface area contributed by atoms with E-state index in [2.05, 4.69) is 23.9 Å². The molecule has 1 aromatic rings. The van der Waals surface area contributed by atoms with Gasteiger partial charge in [-0.3, -0.25) is 0 Å². The largest absolute Gasteiger partial charge is 0.392 e. The molecule has 2 rings (SSSR count). The fraction of sp³-hybridized carbons (Fsp3) is 0.538. The summed E-state index contributed by atoms with van der Waals surface area (Å²) in [6.07, 6.45) is 1.06. The van der Waals surface area contributed by atoms with Crippen molar-refractivity contribution in [3.63, 3.8) is 0 Å². The van der Waals surface area contributed by atoms with Gasteiger partial charge in [0.15, 0.2) is 0 Å². The van der Waals surface area contributed by atoms with E-state index < -0.39 is 0 Å². The standard InChI is InChI=1S/C13H19FN2O/c1-15(2)11-5-6-16(8-11)13-4-3-10(9-17)7-12(13)14/h3-4,7,11,17H,5-6,8-9H2,1-2H3. The Kier molecular flexibility index (Phi) is 3.64. The van der Waals surface area contributed by atoms with Crippen LogP contribution in [0.5, 0.6) is 0 Å². The summed E-state index contributed by atoms with van der Waals surface area (Å²) in [6, 6.07) is 5.45. The third-order valence-corrected chi connectivity index (χ3v) is 3.43. The number of benzene rings is 1. The van der Waals surface area contributed by atoms with Crippen LogP contribution in [0.4, 0.5) is 10.1 Å². The SMILES string of the molecule is CN(C)C1CCN(c2ccc(CO)cc2F)C1. The predicted octanol–water partition coefficient (Wildman–Crippen LogP) is 1.46. The molecule has 3 nitrogen and oxygen atoms in total. The topological polar surface area (TPSA) is 26.7 Å². The Balaban J connectivity index is 2.13. The number of aliphatic hydroxyl groups excluding tert-OH is 1. The van der Waals surface area contributed by atoms with E-state index in [1.807, 2.05) is 0 Å². The Morgan fingerprint density at radius 2 is 2.24 bits per heavy atom. The number of anilines is 1. The van der Waals surface area contributed by atoms with Crippen molar-refractivity contribution < 1.29 is 9.50 Å². The third-order valence-electron chi connectivity index (χ3n) is 3.43. The quantitative estimate of drug-likeness (QED) is 0.863. The molecule has 1 aliphatic heterocycles. The summed E-state index contributed by atoms with van der Waals surface area (Å²) in [7, 11) is 4.11. The van der Waals surface area contributed by atoms with Crippen LogP contribution in [0.3, 0.4) is 0 Å². The van der Waals surface area contributed by atoms with E-state index in [0.29, 0.717) is 17.3 Å². The second-order valence-electron chi connectivity index (χ2n) is 4.80. The minimum atomic E-state index is -0.240. The lowest BCUT2D eigenvalue weighted by Gasteiger charge is -2.22. The molecular formula is C13H19FN2O. The van der Waals surface area contributed by atoms with Gasteiger partial charge in [-0.2, -0.15) is 0 Å². The fourth-order valence-corrected chi connectivity index (χ4v) is 2.29. The van der Waals surface area contributed by atoms with Crippen molar-refractivity contribution in [2.45, 2.75) is 19.1 Å². The average Bonchev–Trinajstić information content (AvgIpc) is 2.78. The predicted molar refractivity (Wildman–Crippen MR) is 66.6 cm³/mol. The maximum atomic E-state index is 13.9. The monoisotopic (exact) mass is 238 g/mol. The highest BCUT2D eigenvalue weighted by atomic mass is 19.1. The van der Waals surface area contributed by atoms with Crippen LogP contribution in [0.1, 0.15) is 12.0 Å². The molecule has 0 radical (unpaired) electrons. The van der Waals surface area contributed by atoms with Gasteiger partial charge >= 0.3 is 0 Å². The molecule has 1 aromatic carbocycles. The fourth-order valence-electron chi connectivity index (χ4n) is 2.29. The van der Waals surface area contributed by atoms with Crippen LogP contribution in [-0.4, -0.2) is 43.2 Å². The maximum absolute atomic E-state index is 13.9. The van der Waals surface area contributed by atoms with Crippen LogP contribution in [0.25, 0.3) is 0 Å². The average molecular weight is 238 g/mol. The molecule has 1 atom stereocenters. The molecule has 0 amide bonds. The van der Waals surface area contributed by atoms with E-state index in [1.54, 1.807) is 12.1 Å². The third kappa shape index (κ3) is 2.58. The second kappa shape index (κ2) is 5.02. The molecule has 0 spiro atoms. The molecule has 4 heteroatoms. The first kappa shape index (κ1) is 12.3. The van der Waals surface area contributed by atoms with E-state index in [4.69, 9.17) is 5.11 Å². The molecule has 1 saturated heterocycles. The molecule has 0 saturated carbocycles. The molecule has 1 N–H and O–H groups in total. The van der Waals surface area contributed by atoms with Crippen molar-refractivity contribution in [3.05, 3.63) is 29.6 Å². The van der Waals surface area contributed by atoms with Crippen molar-refractivity contribution in [2.75, 3.05) is 32.1 Å². The summed E-state index contributed by atoms with van der Waals surface area (Å²) in [5, 5.41) is 8.95. The van der Waals surface area contributed by atoms with Gasteiger partial charge in [0, 0.05) is 19.1 Å². The number of hydrogen-bond donors (Lipinski definition) is 1. The highest BCUT2D eigenvalue weighted by Gasteiger charge is 2.25. The molecule has 1 fully saturated rings.